The van der Waals surface area contributed by atoms with Gasteiger partial charge in [-0.2, -0.15) is 0 Å². The van der Waals surface area contributed by atoms with Crippen molar-refractivity contribution in [3.8, 4) is 5.75 Å². The van der Waals surface area contributed by atoms with Crippen LogP contribution in [0.5, 0.6) is 5.75 Å². The molecule has 0 aliphatic heterocycles. The Balaban J connectivity index is 2.34. The number of benzene rings is 2. The zero-order valence-electron chi connectivity index (χ0n) is 10.7. The zero-order valence-corrected chi connectivity index (χ0v) is 16.0. The highest BCUT2D eigenvalue weighted by atomic mass is 127. The van der Waals surface area contributed by atoms with Crippen molar-refractivity contribution in [3.63, 3.8) is 0 Å². The van der Waals surface area contributed by atoms with E-state index in [9.17, 15) is 10.1 Å². The van der Waals surface area contributed by atoms with E-state index in [0.29, 0.717) is 9.32 Å². The summed E-state index contributed by atoms with van der Waals surface area (Å²) in [6, 6.07) is 8.58. The van der Waals surface area contributed by atoms with Crippen LogP contribution in [0.4, 0.5) is 17.1 Å². The van der Waals surface area contributed by atoms with Gasteiger partial charge in [0.2, 0.25) is 0 Å². The van der Waals surface area contributed by atoms with Crippen molar-refractivity contribution in [3.05, 3.63) is 53.0 Å². The van der Waals surface area contributed by atoms with E-state index < -0.39 is 4.92 Å². The van der Waals surface area contributed by atoms with Crippen molar-refractivity contribution >= 4 is 71.5 Å². The number of anilines is 2. The molecule has 0 bridgehead atoms. The van der Waals surface area contributed by atoms with Crippen molar-refractivity contribution in [2.45, 2.75) is 0 Å². The summed E-state index contributed by atoms with van der Waals surface area (Å²) in [4.78, 5) is 10.4. The standard InChI is InChI=1S/C13H9Br2IN2O3/c1-21-13-6-11(8(14)5-9(13)15)17-7-2-3-12(18(19)20)10(16)4-7/h2-6,17H,1H3. The summed E-state index contributed by atoms with van der Waals surface area (Å²) in [6.07, 6.45) is 0. The first-order valence-electron chi connectivity index (χ1n) is 5.66. The van der Waals surface area contributed by atoms with Crippen LogP contribution in [0.25, 0.3) is 0 Å². The third kappa shape index (κ3) is 3.86. The Morgan fingerprint density at radius 2 is 1.95 bits per heavy atom. The minimum atomic E-state index is -0.399. The molecule has 0 unspecified atom stereocenters. The topological polar surface area (TPSA) is 64.4 Å². The molecule has 8 heteroatoms. The number of nitrogens with one attached hydrogen (secondary N) is 1. The first-order chi connectivity index (χ1) is 9.92. The van der Waals surface area contributed by atoms with E-state index in [-0.39, 0.29) is 5.69 Å². The van der Waals surface area contributed by atoms with Gasteiger partial charge in [0, 0.05) is 22.3 Å². The van der Waals surface area contributed by atoms with Crippen LogP contribution in [-0.2, 0) is 0 Å². The van der Waals surface area contributed by atoms with E-state index in [2.05, 4.69) is 37.2 Å². The molecule has 0 heterocycles. The molecular weight excluding hydrogens is 519 g/mol. The van der Waals surface area contributed by atoms with Gasteiger partial charge >= 0.3 is 0 Å². The van der Waals surface area contributed by atoms with Crippen molar-refractivity contribution in [1.29, 1.82) is 0 Å². The maximum absolute atomic E-state index is 10.8. The lowest BCUT2D eigenvalue weighted by Crippen LogP contribution is -1.96. The van der Waals surface area contributed by atoms with Crippen LogP contribution >= 0.6 is 54.5 Å². The Labute approximate surface area is 151 Å². The average molecular weight is 528 g/mol. The number of nitrogens with zero attached hydrogens (tertiary/aromatic N) is 1. The minimum Gasteiger partial charge on any atom is -0.495 e. The van der Waals surface area contributed by atoms with E-state index >= 15 is 0 Å². The van der Waals surface area contributed by atoms with Gasteiger partial charge in [0.15, 0.2) is 0 Å². The molecule has 0 atom stereocenters. The molecule has 2 rings (SSSR count). The maximum atomic E-state index is 10.8. The fraction of sp³-hybridized carbons (Fsp3) is 0.0769. The molecule has 2 aromatic carbocycles. The normalized spacial score (nSPS) is 10.3. The minimum absolute atomic E-state index is 0.0913. The first-order valence-corrected chi connectivity index (χ1v) is 8.33. The molecule has 2 aromatic rings. The summed E-state index contributed by atoms with van der Waals surface area (Å²) >= 11 is 8.82. The second-order valence-electron chi connectivity index (χ2n) is 4.01. The maximum Gasteiger partial charge on any atom is 0.282 e. The Kier molecular flexibility index (Phi) is 5.44. The molecule has 0 radical (unpaired) electrons. The molecule has 0 aromatic heterocycles. The summed E-state index contributed by atoms with van der Waals surface area (Å²) in [6.45, 7) is 0. The van der Waals surface area contributed by atoms with Gasteiger partial charge in [0.05, 0.1) is 25.8 Å². The van der Waals surface area contributed by atoms with E-state index in [4.69, 9.17) is 4.74 Å². The van der Waals surface area contributed by atoms with Crippen LogP contribution in [-0.4, -0.2) is 12.0 Å². The molecule has 0 fully saturated rings. The Hall–Kier alpha value is -0.870. The number of halogens is 3. The van der Waals surface area contributed by atoms with Crippen molar-refractivity contribution in [2.75, 3.05) is 12.4 Å². The van der Waals surface area contributed by atoms with E-state index in [1.54, 1.807) is 19.2 Å². The molecule has 110 valence electrons. The molecule has 5 nitrogen and oxygen atoms in total. The molecule has 0 amide bonds. The van der Waals surface area contributed by atoms with E-state index in [1.165, 1.54) is 6.07 Å². The van der Waals surface area contributed by atoms with Crippen LogP contribution in [0.15, 0.2) is 39.3 Å². The van der Waals surface area contributed by atoms with Crippen molar-refractivity contribution in [1.82, 2.24) is 0 Å². The molecule has 1 N–H and O–H groups in total. The molecule has 0 saturated carbocycles. The summed E-state index contributed by atoms with van der Waals surface area (Å²) in [5, 5.41) is 14.0. The summed E-state index contributed by atoms with van der Waals surface area (Å²) in [5.74, 6) is 0.692. The van der Waals surface area contributed by atoms with Gasteiger partial charge in [-0.05, 0) is 72.6 Å². The highest BCUT2D eigenvalue weighted by molar-refractivity contribution is 14.1. The van der Waals surface area contributed by atoms with Gasteiger partial charge in [0.25, 0.3) is 5.69 Å². The molecular formula is C13H9Br2IN2O3. The quantitative estimate of drug-likeness (QED) is 0.325. The van der Waals surface area contributed by atoms with Gasteiger partial charge in [-0.25, -0.2) is 0 Å². The van der Waals surface area contributed by atoms with Gasteiger partial charge in [-0.15, -0.1) is 0 Å². The van der Waals surface area contributed by atoms with Gasteiger partial charge in [0.1, 0.15) is 5.75 Å². The average Bonchev–Trinajstić information content (AvgIpc) is 2.41. The zero-order chi connectivity index (χ0) is 15.6. The molecule has 0 saturated heterocycles. The fourth-order valence-corrected chi connectivity index (χ4v) is 3.64. The van der Waals surface area contributed by atoms with E-state index in [1.807, 2.05) is 34.7 Å². The lowest BCUT2D eigenvalue weighted by molar-refractivity contribution is -0.385. The van der Waals surface area contributed by atoms with Crippen molar-refractivity contribution in [2.24, 2.45) is 0 Å². The largest absolute Gasteiger partial charge is 0.495 e. The third-order valence-corrected chi connectivity index (χ3v) is 4.80. The van der Waals surface area contributed by atoms with Gasteiger partial charge < -0.3 is 10.1 Å². The Bertz CT molecular complexity index is 710. The van der Waals surface area contributed by atoms with Gasteiger partial charge in [-0.3, -0.25) is 10.1 Å². The predicted molar refractivity (Wildman–Crippen MR) is 97.5 cm³/mol. The molecule has 21 heavy (non-hydrogen) atoms. The SMILES string of the molecule is COc1cc(Nc2ccc([N+](=O)[O-])c(I)c2)c(Br)cc1Br. The van der Waals surface area contributed by atoms with Crippen LogP contribution in [0.2, 0.25) is 0 Å². The lowest BCUT2D eigenvalue weighted by atomic mass is 10.2. The highest BCUT2D eigenvalue weighted by Gasteiger charge is 2.13. The number of nitro benzene ring substituents is 1. The van der Waals surface area contributed by atoms with Gasteiger partial charge in [-0.1, -0.05) is 0 Å². The number of ether oxygens (including phenoxy) is 1. The van der Waals surface area contributed by atoms with E-state index in [0.717, 1.165) is 20.3 Å². The second-order valence-corrected chi connectivity index (χ2v) is 6.89. The van der Waals surface area contributed by atoms with Crippen molar-refractivity contribution < 1.29 is 9.66 Å². The predicted octanol–water partition coefficient (Wildman–Crippen LogP) is 5.48. The number of hydrogen-bond donors (Lipinski definition) is 1. The van der Waals surface area contributed by atoms with Crippen LogP contribution in [0.3, 0.4) is 0 Å². The first kappa shape index (κ1) is 16.5. The molecule has 0 aliphatic carbocycles. The third-order valence-electron chi connectivity index (χ3n) is 2.66. The summed E-state index contributed by atoms with van der Waals surface area (Å²) < 4.78 is 7.51. The summed E-state index contributed by atoms with van der Waals surface area (Å²) in [7, 11) is 1.59. The Morgan fingerprint density at radius 3 is 2.52 bits per heavy atom. The Morgan fingerprint density at radius 1 is 1.24 bits per heavy atom. The number of rotatable bonds is 4. The highest BCUT2D eigenvalue weighted by Crippen LogP contribution is 2.36. The molecule has 0 aliphatic rings. The van der Waals surface area contributed by atoms with Crippen LogP contribution < -0.4 is 10.1 Å². The molecule has 0 spiro atoms. The number of hydrogen-bond acceptors (Lipinski definition) is 4. The fourth-order valence-electron chi connectivity index (χ4n) is 1.67. The number of methoxy groups -OCH3 is 1. The number of nitro groups is 1. The monoisotopic (exact) mass is 526 g/mol. The van der Waals surface area contributed by atoms with Crippen LogP contribution in [0.1, 0.15) is 0 Å². The van der Waals surface area contributed by atoms with Crippen LogP contribution in [0, 0.1) is 13.7 Å². The lowest BCUT2D eigenvalue weighted by Gasteiger charge is -2.12. The second kappa shape index (κ2) is 6.93. The smallest absolute Gasteiger partial charge is 0.282 e. The summed E-state index contributed by atoms with van der Waals surface area (Å²) in [5.41, 5.74) is 1.66.